The van der Waals surface area contributed by atoms with Crippen LogP contribution in [0.15, 0.2) is 29.4 Å². The van der Waals surface area contributed by atoms with Crippen LogP contribution in [0.5, 0.6) is 0 Å². The Bertz CT molecular complexity index is 421. The van der Waals surface area contributed by atoms with E-state index in [9.17, 15) is 0 Å². The molecular weight excluding hydrogens is 214 g/mol. The van der Waals surface area contributed by atoms with Crippen molar-refractivity contribution in [2.45, 2.75) is 19.3 Å². The van der Waals surface area contributed by atoms with Crippen LogP contribution in [0.25, 0.3) is 0 Å². The molecular formula is C13H17N3O. The van der Waals surface area contributed by atoms with E-state index >= 15 is 0 Å². The van der Waals surface area contributed by atoms with E-state index in [4.69, 9.17) is 17.4 Å². The molecule has 4 N–H and O–H groups in total. The summed E-state index contributed by atoms with van der Waals surface area (Å²) in [4.78, 5) is 0. The molecule has 0 heterocycles. The van der Waals surface area contributed by atoms with E-state index in [2.05, 4.69) is 16.4 Å². The number of benzene rings is 1. The Labute approximate surface area is 102 Å². The van der Waals surface area contributed by atoms with Crippen molar-refractivity contribution in [3.05, 3.63) is 29.8 Å². The number of amidine groups is 1. The highest BCUT2D eigenvalue weighted by Gasteiger charge is 1.95. The number of terminal acetylenes is 1. The Hall–Kier alpha value is -2.15. The SMILES string of the molecule is C#Cc1cccc(NCCCCC(N)=NO)c1. The summed E-state index contributed by atoms with van der Waals surface area (Å²) in [6, 6.07) is 7.73. The number of nitrogens with one attached hydrogen (secondary N) is 1. The molecule has 0 radical (unpaired) electrons. The fraction of sp³-hybridized carbons (Fsp3) is 0.308. The van der Waals surface area contributed by atoms with Crippen LogP contribution >= 0.6 is 0 Å². The van der Waals surface area contributed by atoms with E-state index in [1.807, 2.05) is 24.3 Å². The Balaban J connectivity index is 2.25. The average Bonchev–Trinajstić information content (AvgIpc) is 2.38. The molecule has 0 aromatic heterocycles. The summed E-state index contributed by atoms with van der Waals surface area (Å²) < 4.78 is 0. The van der Waals surface area contributed by atoms with Crippen molar-refractivity contribution in [3.8, 4) is 12.3 Å². The van der Waals surface area contributed by atoms with Gasteiger partial charge in [0.2, 0.25) is 0 Å². The lowest BCUT2D eigenvalue weighted by molar-refractivity contribution is 0.316. The van der Waals surface area contributed by atoms with Gasteiger partial charge in [0.25, 0.3) is 0 Å². The molecule has 90 valence electrons. The molecule has 0 aliphatic rings. The monoisotopic (exact) mass is 231 g/mol. The normalized spacial score (nSPS) is 10.9. The molecule has 0 atom stereocenters. The number of hydrogen-bond acceptors (Lipinski definition) is 3. The Morgan fingerprint density at radius 1 is 1.47 bits per heavy atom. The van der Waals surface area contributed by atoms with Crippen LogP contribution in [0.1, 0.15) is 24.8 Å². The summed E-state index contributed by atoms with van der Waals surface area (Å²) in [5.74, 6) is 2.87. The van der Waals surface area contributed by atoms with E-state index in [0.717, 1.165) is 30.6 Å². The van der Waals surface area contributed by atoms with Crippen LogP contribution in [0.4, 0.5) is 5.69 Å². The molecule has 0 fully saturated rings. The second-order valence-electron chi connectivity index (χ2n) is 3.70. The zero-order chi connectivity index (χ0) is 12.5. The molecule has 0 unspecified atom stereocenters. The van der Waals surface area contributed by atoms with Crippen molar-refractivity contribution in [3.63, 3.8) is 0 Å². The zero-order valence-corrected chi connectivity index (χ0v) is 9.69. The minimum atomic E-state index is 0.277. The number of nitrogens with zero attached hydrogens (tertiary/aromatic N) is 1. The fourth-order valence-corrected chi connectivity index (χ4v) is 1.43. The first kappa shape index (κ1) is 12.9. The van der Waals surface area contributed by atoms with Gasteiger partial charge in [-0.25, -0.2) is 0 Å². The predicted molar refractivity (Wildman–Crippen MR) is 70.1 cm³/mol. The summed E-state index contributed by atoms with van der Waals surface area (Å²) in [6.07, 6.45) is 7.77. The first-order valence-electron chi connectivity index (χ1n) is 5.53. The van der Waals surface area contributed by atoms with Crippen LogP contribution in [0.3, 0.4) is 0 Å². The number of anilines is 1. The van der Waals surface area contributed by atoms with Gasteiger partial charge in [-0.2, -0.15) is 0 Å². The number of unbranched alkanes of at least 4 members (excludes halogenated alkanes) is 1. The van der Waals surface area contributed by atoms with E-state index in [-0.39, 0.29) is 5.84 Å². The minimum Gasteiger partial charge on any atom is -0.409 e. The molecule has 1 aromatic carbocycles. The van der Waals surface area contributed by atoms with Crippen molar-refractivity contribution in [1.29, 1.82) is 0 Å². The molecule has 0 spiro atoms. The van der Waals surface area contributed by atoms with Crippen molar-refractivity contribution < 1.29 is 5.21 Å². The summed E-state index contributed by atoms with van der Waals surface area (Å²) in [5, 5.41) is 14.5. The molecule has 4 heteroatoms. The molecule has 0 aliphatic carbocycles. The van der Waals surface area contributed by atoms with Gasteiger partial charge in [0.1, 0.15) is 5.84 Å². The average molecular weight is 231 g/mol. The third-order valence-electron chi connectivity index (χ3n) is 2.35. The lowest BCUT2D eigenvalue weighted by Gasteiger charge is -2.06. The Morgan fingerprint density at radius 2 is 2.29 bits per heavy atom. The quantitative estimate of drug-likeness (QED) is 0.175. The fourth-order valence-electron chi connectivity index (χ4n) is 1.43. The number of hydrogen-bond donors (Lipinski definition) is 3. The second kappa shape index (κ2) is 7.18. The molecule has 0 amide bonds. The number of nitrogens with two attached hydrogens (primary N) is 1. The Morgan fingerprint density at radius 3 is 3.00 bits per heavy atom. The first-order valence-corrected chi connectivity index (χ1v) is 5.53. The molecule has 0 saturated carbocycles. The second-order valence-corrected chi connectivity index (χ2v) is 3.70. The molecule has 1 aromatic rings. The molecule has 1 rings (SSSR count). The molecule has 0 bridgehead atoms. The van der Waals surface area contributed by atoms with E-state index in [1.54, 1.807) is 0 Å². The lowest BCUT2D eigenvalue weighted by Crippen LogP contribution is -2.11. The van der Waals surface area contributed by atoms with Gasteiger partial charge in [0.05, 0.1) is 0 Å². The maximum atomic E-state index is 8.36. The molecule has 17 heavy (non-hydrogen) atoms. The number of rotatable bonds is 6. The highest BCUT2D eigenvalue weighted by Crippen LogP contribution is 2.09. The van der Waals surface area contributed by atoms with Crippen molar-refractivity contribution in [1.82, 2.24) is 0 Å². The Kier molecular flexibility index (Phi) is 5.45. The van der Waals surface area contributed by atoms with E-state index in [0.29, 0.717) is 6.42 Å². The van der Waals surface area contributed by atoms with Gasteiger partial charge in [-0.3, -0.25) is 0 Å². The predicted octanol–water partition coefficient (Wildman–Crippen LogP) is 2.00. The topological polar surface area (TPSA) is 70.6 Å². The van der Waals surface area contributed by atoms with Crippen molar-refractivity contribution in [2.24, 2.45) is 10.9 Å². The smallest absolute Gasteiger partial charge is 0.139 e. The van der Waals surface area contributed by atoms with Crippen molar-refractivity contribution in [2.75, 3.05) is 11.9 Å². The minimum absolute atomic E-state index is 0.277. The molecule has 0 aliphatic heterocycles. The third-order valence-corrected chi connectivity index (χ3v) is 2.35. The standard InChI is InChI=1S/C13H17N3O/c1-2-11-6-5-7-12(10-11)15-9-4-3-8-13(14)16-17/h1,5-7,10,15,17H,3-4,8-9H2,(H2,14,16). The summed E-state index contributed by atoms with van der Waals surface area (Å²) in [6.45, 7) is 0.840. The lowest BCUT2D eigenvalue weighted by atomic mass is 10.2. The first-order chi connectivity index (χ1) is 8.26. The van der Waals surface area contributed by atoms with E-state index < -0.39 is 0 Å². The highest BCUT2D eigenvalue weighted by molar-refractivity contribution is 5.79. The molecule has 4 nitrogen and oxygen atoms in total. The third kappa shape index (κ3) is 4.94. The van der Waals surface area contributed by atoms with Gasteiger partial charge < -0.3 is 16.3 Å². The van der Waals surface area contributed by atoms with Crippen LogP contribution < -0.4 is 11.1 Å². The van der Waals surface area contributed by atoms with Gasteiger partial charge in [0.15, 0.2) is 0 Å². The van der Waals surface area contributed by atoms with Crippen LogP contribution in [-0.2, 0) is 0 Å². The highest BCUT2D eigenvalue weighted by atomic mass is 16.4. The van der Waals surface area contributed by atoms with Gasteiger partial charge >= 0.3 is 0 Å². The van der Waals surface area contributed by atoms with E-state index in [1.165, 1.54) is 0 Å². The van der Waals surface area contributed by atoms with Gasteiger partial charge in [0, 0.05) is 24.2 Å². The maximum absolute atomic E-state index is 8.36. The van der Waals surface area contributed by atoms with Gasteiger partial charge in [-0.05, 0) is 31.0 Å². The van der Waals surface area contributed by atoms with Crippen LogP contribution in [0, 0.1) is 12.3 Å². The largest absolute Gasteiger partial charge is 0.409 e. The van der Waals surface area contributed by atoms with Gasteiger partial charge in [-0.1, -0.05) is 17.1 Å². The van der Waals surface area contributed by atoms with Crippen LogP contribution in [0.2, 0.25) is 0 Å². The summed E-state index contributed by atoms with van der Waals surface area (Å²) >= 11 is 0. The zero-order valence-electron chi connectivity index (χ0n) is 9.69. The van der Waals surface area contributed by atoms with Crippen molar-refractivity contribution >= 4 is 11.5 Å². The summed E-state index contributed by atoms with van der Waals surface area (Å²) in [5.41, 5.74) is 7.25. The van der Waals surface area contributed by atoms with Crippen LogP contribution in [-0.4, -0.2) is 17.6 Å². The molecule has 0 saturated heterocycles. The van der Waals surface area contributed by atoms with Gasteiger partial charge in [-0.15, -0.1) is 6.42 Å². The maximum Gasteiger partial charge on any atom is 0.139 e. The number of oxime groups is 1. The summed E-state index contributed by atoms with van der Waals surface area (Å²) in [7, 11) is 0.